The van der Waals surface area contributed by atoms with E-state index in [-0.39, 0.29) is 24.4 Å². The van der Waals surface area contributed by atoms with Gasteiger partial charge < -0.3 is 14.1 Å². The number of carbonyl (C=O) groups excluding carboxylic acids is 1. The van der Waals surface area contributed by atoms with Crippen molar-refractivity contribution in [2.24, 2.45) is 0 Å². The average Bonchev–Trinajstić information content (AvgIpc) is 3.10. The van der Waals surface area contributed by atoms with Gasteiger partial charge in [0.2, 0.25) is 11.8 Å². The molecule has 1 aliphatic heterocycles. The van der Waals surface area contributed by atoms with E-state index in [0.29, 0.717) is 31.2 Å². The van der Waals surface area contributed by atoms with Gasteiger partial charge in [0, 0.05) is 19.6 Å². The first-order valence-corrected chi connectivity index (χ1v) is 8.73. The average molecular weight is 346 g/mol. The lowest BCUT2D eigenvalue weighted by molar-refractivity contribution is -0.140. The van der Waals surface area contributed by atoms with Crippen molar-refractivity contribution in [3.8, 4) is 0 Å². The van der Waals surface area contributed by atoms with E-state index in [1.54, 1.807) is 18.3 Å². The van der Waals surface area contributed by atoms with Crippen LogP contribution >= 0.6 is 0 Å². The fourth-order valence-electron chi connectivity index (χ4n) is 3.12. The van der Waals surface area contributed by atoms with Crippen molar-refractivity contribution in [2.75, 3.05) is 19.8 Å². The quantitative estimate of drug-likeness (QED) is 0.803. The van der Waals surface area contributed by atoms with Crippen molar-refractivity contribution in [2.45, 2.75) is 38.6 Å². The summed E-state index contributed by atoms with van der Waals surface area (Å²) in [6.45, 7) is 3.18. The predicted molar refractivity (Wildman–Crippen MR) is 90.5 cm³/mol. The van der Waals surface area contributed by atoms with Crippen LogP contribution in [-0.2, 0) is 16.0 Å². The van der Waals surface area contributed by atoms with Gasteiger partial charge in [-0.2, -0.15) is 0 Å². The van der Waals surface area contributed by atoms with Gasteiger partial charge in [0.1, 0.15) is 24.2 Å². The Morgan fingerprint density at radius 1 is 1.36 bits per heavy atom. The van der Waals surface area contributed by atoms with Crippen molar-refractivity contribution in [1.82, 2.24) is 9.88 Å². The third-order valence-electron chi connectivity index (χ3n) is 4.40. The maximum atomic E-state index is 13.0. The number of rotatable bonds is 6. The molecular weight excluding hydrogens is 323 g/mol. The highest BCUT2D eigenvalue weighted by Crippen LogP contribution is 2.31. The van der Waals surface area contributed by atoms with E-state index >= 15 is 0 Å². The highest BCUT2D eigenvalue weighted by atomic mass is 19.1. The fraction of sp³-hybridized carbons (Fsp3) is 0.474. The van der Waals surface area contributed by atoms with Gasteiger partial charge >= 0.3 is 0 Å². The summed E-state index contributed by atoms with van der Waals surface area (Å²) in [4.78, 5) is 18.6. The molecular formula is C19H23FN2O3. The number of halogens is 1. The molecule has 0 radical (unpaired) electrons. The highest BCUT2D eigenvalue weighted by molar-refractivity contribution is 5.78. The zero-order chi connectivity index (χ0) is 17.6. The van der Waals surface area contributed by atoms with Gasteiger partial charge in [-0.15, -0.1) is 0 Å². The predicted octanol–water partition coefficient (Wildman–Crippen LogP) is 3.49. The van der Waals surface area contributed by atoms with Gasteiger partial charge in [-0.1, -0.05) is 12.1 Å². The van der Waals surface area contributed by atoms with Crippen LogP contribution in [0.2, 0.25) is 0 Å². The van der Waals surface area contributed by atoms with Crippen molar-refractivity contribution in [3.63, 3.8) is 0 Å². The number of amides is 1. The first kappa shape index (κ1) is 17.6. The Labute approximate surface area is 146 Å². The molecule has 1 aromatic carbocycles. The van der Waals surface area contributed by atoms with Gasteiger partial charge in [0.05, 0.1) is 6.20 Å². The van der Waals surface area contributed by atoms with E-state index in [1.165, 1.54) is 12.1 Å². The Kier molecular flexibility index (Phi) is 5.81. The number of hydrogen-bond acceptors (Lipinski definition) is 4. The third kappa shape index (κ3) is 4.45. The Balaban J connectivity index is 1.70. The topological polar surface area (TPSA) is 55.6 Å². The summed E-state index contributed by atoms with van der Waals surface area (Å²) in [5.41, 5.74) is 0.956. The van der Waals surface area contributed by atoms with Crippen LogP contribution in [0.15, 0.2) is 34.9 Å². The molecule has 1 aromatic heterocycles. The van der Waals surface area contributed by atoms with Crippen LogP contribution in [-0.4, -0.2) is 35.5 Å². The Bertz CT molecular complexity index is 699. The van der Waals surface area contributed by atoms with Crippen molar-refractivity contribution >= 4 is 5.91 Å². The summed E-state index contributed by atoms with van der Waals surface area (Å²) in [5.74, 6) is 1.00. The van der Waals surface area contributed by atoms with Gasteiger partial charge in [-0.05, 0) is 43.9 Å². The molecule has 1 aliphatic rings. The van der Waals surface area contributed by atoms with Gasteiger partial charge in [-0.25, -0.2) is 9.37 Å². The fourth-order valence-corrected chi connectivity index (χ4v) is 3.12. The molecule has 0 N–H and O–H groups in total. The molecule has 3 rings (SSSR count). The second-order valence-electron chi connectivity index (χ2n) is 6.20. The number of oxazole rings is 1. The summed E-state index contributed by atoms with van der Waals surface area (Å²) in [5, 5.41) is 0. The first-order valence-electron chi connectivity index (χ1n) is 8.73. The summed E-state index contributed by atoms with van der Waals surface area (Å²) in [6, 6.07) is 6.19. The van der Waals surface area contributed by atoms with E-state index in [9.17, 15) is 9.18 Å². The first-order chi connectivity index (χ1) is 12.2. The van der Waals surface area contributed by atoms with Crippen molar-refractivity contribution in [1.29, 1.82) is 0 Å². The number of hydrogen-bond donors (Lipinski definition) is 0. The van der Waals surface area contributed by atoms with Crippen molar-refractivity contribution < 1.29 is 18.3 Å². The second kappa shape index (κ2) is 8.25. The number of nitrogens with zero attached hydrogens (tertiary/aromatic N) is 2. The number of aromatic nitrogens is 1. The molecule has 134 valence electrons. The number of ether oxygens (including phenoxy) is 1. The molecule has 2 aromatic rings. The number of benzene rings is 1. The third-order valence-corrected chi connectivity index (χ3v) is 4.40. The Morgan fingerprint density at radius 2 is 2.16 bits per heavy atom. The zero-order valence-corrected chi connectivity index (χ0v) is 14.4. The Morgan fingerprint density at radius 3 is 2.92 bits per heavy atom. The summed E-state index contributed by atoms with van der Waals surface area (Å²) < 4.78 is 24.2. The van der Waals surface area contributed by atoms with E-state index in [1.807, 2.05) is 11.8 Å². The van der Waals surface area contributed by atoms with Crippen LogP contribution in [0.4, 0.5) is 4.39 Å². The smallest absolute Gasteiger partial charge is 0.249 e. The normalized spacial score (nSPS) is 17.7. The largest absolute Gasteiger partial charge is 0.443 e. The van der Waals surface area contributed by atoms with E-state index in [0.717, 1.165) is 24.8 Å². The summed E-state index contributed by atoms with van der Waals surface area (Å²) in [6.07, 6.45) is 5.11. The van der Waals surface area contributed by atoms with Gasteiger partial charge in [0.15, 0.2) is 0 Å². The minimum Gasteiger partial charge on any atom is -0.443 e. The minimum atomic E-state index is -0.257. The van der Waals surface area contributed by atoms with Crippen molar-refractivity contribution in [3.05, 3.63) is 53.5 Å². The maximum absolute atomic E-state index is 13.0. The van der Waals surface area contributed by atoms with E-state index < -0.39 is 0 Å². The lowest BCUT2D eigenvalue weighted by atomic mass is 10.0. The van der Waals surface area contributed by atoms with Gasteiger partial charge in [-0.3, -0.25) is 4.79 Å². The Hall–Kier alpha value is -2.21. The molecule has 25 heavy (non-hydrogen) atoms. The summed E-state index contributed by atoms with van der Waals surface area (Å²) in [7, 11) is 0. The molecule has 0 saturated carbocycles. The monoisotopic (exact) mass is 346 g/mol. The summed E-state index contributed by atoms with van der Waals surface area (Å²) >= 11 is 0. The molecule has 0 bridgehead atoms. The van der Waals surface area contributed by atoms with E-state index in [4.69, 9.17) is 9.15 Å². The number of carbonyl (C=O) groups is 1. The van der Waals surface area contributed by atoms with Crippen LogP contribution in [0, 0.1) is 5.82 Å². The van der Waals surface area contributed by atoms with Gasteiger partial charge in [0.25, 0.3) is 0 Å². The lowest BCUT2D eigenvalue weighted by Gasteiger charge is -2.33. The molecule has 1 fully saturated rings. The maximum Gasteiger partial charge on any atom is 0.249 e. The van der Waals surface area contributed by atoms with Crippen LogP contribution in [0.25, 0.3) is 0 Å². The molecule has 1 saturated heterocycles. The molecule has 0 aliphatic carbocycles. The molecule has 1 unspecified atom stereocenters. The van der Waals surface area contributed by atoms with Crippen LogP contribution in [0.1, 0.15) is 49.4 Å². The van der Waals surface area contributed by atoms with E-state index in [2.05, 4.69) is 4.98 Å². The van der Waals surface area contributed by atoms with Crippen LogP contribution < -0.4 is 0 Å². The number of piperidine rings is 1. The molecule has 6 heteroatoms. The SMILES string of the molecule is CCOCC(=O)N1CCCCC1c1ncc(Cc2ccc(F)cc2)o1. The van der Waals surface area contributed by atoms with Crippen LogP contribution in [0.5, 0.6) is 0 Å². The molecule has 0 spiro atoms. The molecule has 1 atom stereocenters. The molecule has 5 nitrogen and oxygen atoms in total. The molecule has 2 heterocycles. The number of likely N-dealkylation sites (tertiary alicyclic amines) is 1. The highest BCUT2D eigenvalue weighted by Gasteiger charge is 2.31. The van der Waals surface area contributed by atoms with Crippen LogP contribution in [0.3, 0.4) is 0 Å². The molecule has 1 amide bonds. The minimum absolute atomic E-state index is 0.0233. The standard InChI is InChI=1S/C19H23FN2O3/c1-2-24-13-18(23)22-10-4-3-5-17(22)19-21-12-16(25-19)11-14-6-8-15(20)9-7-14/h6-9,12,17H,2-5,10-11,13H2,1H3. The zero-order valence-electron chi connectivity index (χ0n) is 14.4. The second-order valence-corrected chi connectivity index (χ2v) is 6.20. The lowest BCUT2D eigenvalue weighted by Crippen LogP contribution is -2.40.